The van der Waals surface area contributed by atoms with Gasteiger partial charge in [-0.05, 0) is 24.3 Å². The Morgan fingerprint density at radius 1 is 0.871 bits per heavy atom. The zero-order chi connectivity index (χ0) is 20.8. The van der Waals surface area contributed by atoms with Gasteiger partial charge in [-0.2, -0.15) is 0 Å². The maximum atomic E-state index is 6.14. The van der Waals surface area contributed by atoms with Crippen LogP contribution >= 0.6 is 0 Å². The Kier molecular flexibility index (Phi) is 4.17. The number of fused-ring (bicyclic) bond motifs is 4. The number of piperazine rings is 1. The molecule has 0 atom stereocenters. The normalized spacial score (nSPS) is 15.3. The van der Waals surface area contributed by atoms with E-state index in [1.54, 1.807) is 6.33 Å². The highest BCUT2D eigenvalue weighted by Crippen LogP contribution is 2.32. The van der Waals surface area contributed by atoms with E-state index >= 15 is 0 Å². The van der Waals surface area contributed by atoms with Crippen LogP contribution in [0.5, 0.6) is 0 Å². The van der Waals surface area contributed by atoms with Gasteiger partial charge in [-0.3, -0.25) is 4.90 Å². The fourth-order valence-electron chi connectivity index (χ4n) is 4.28. The highest BCUT2D eigenvalue weighted by Gasteiger charge is 2.23. The molecule has 1 aliphatic heterocycles. The minimum absolute atomic E-state index is 0.535. The average molecular weight is 411 g/mol. The lowest BCUT2D eigenvalue weighted by molar-refractivity contribution is 0.244. The summed E-state index contributed by atoms with van der Waals surface area (Å²) in [6.45, 7) is 4.11. The summed E-state index contributed by atoms with van der Waals surface area (Å²) in [7, 11) is 0. The van der Waals surface area contributed by atoms with Crippen LogP contribution in [0.2, 0.25) is 0 Å². The first kappa shape index (κ1) is 18.0. The number of benzene rings is 2. The molecule has 0 radical (unpaired) electrons. The third-order valence-electron chi connectivity index (χ3n) is 5.86. The molecule has 0 amide bonds. The molecule has 0 bridgehead atoms. The zero-order valence-electron chi connectivity index (χ0n) is 16.9. The summed E-state index contributed by atoms with van der Waals surface area (Å²) in [5.41, 5.74) is 9.48. The molecule has 154 valence electrons. The first-order chi connectivity index (χ1) is 15.3. The van der Waals surface area contributed by atoms with Crippen molar-refractivity contribution in [2.45, 2.75) is 6.54 Å². The maximum absolute atomic E-state index is 6.14. The van der Waals surface area contributed by atoms with Crippen molar-refractivity contribution in [2.75, 3.05) is 36.8 Å². The summed E-state index contributed by atoms with van der Waals surface area (Å²) in [6, 6.07) is 15.8. The highest BCUT2D eigenvalue weighted by molar-refractivity contribution is 6.05. The van der Waals surface area contributed by atoms with Gasteiger partial charge in [0.25, 0.3) is 0 Å². The van der Waals surface area contributed by atoms with Gasteiger partial charge in [0, 0.05) is 37.0 Å². The van der Waals surface area contributed by atoms with Gasteiger partial charge >= 0.3 is 0 Å². The van der Waals surface area contributed by atoms with Crippen molar-refractivity contribution in [3.05, 3.63) is 60.7 Å². The van der Waals surface area contributed by atoms with Gasteiger partial charge < -0.3 is 15.1 Å². The first-order valence-electron chi connectivity index (χ1n) is 10.4. The molecule has 2 aromatic carbocycles. The minimum atomic E-state index is 0.535. The van der Waals surface area contributed by atoms with Crippen LogP contribution in [0.15, 0.2) is 59.3 Å². The van der Waals surface area contributed by atoms with E-state index in [4.69, 9.17) is 15.1 Å². The summed E-state index contributed by atoms with van der Waals surface area (Å²) >= 11 is 0. The Morgan fingerprint density at radius 2 is 1.65 bits per heavy atom. The first-order valence-corrected chi connectivity index (χ1v) is 10.4. The topological polar surface area (TPSA) is 97.2 Å². The fourth-order valence-corrected chi connectivity index (χ4v) is 4.28. The number of para-hydroxylation sites is 2. The monoisotopic (exact) mass is 411 g/mol. The van der Waals surface area contributed by atoms with Gasteiger partial charge in [0.1, 0.15) is 29.1 Å². The summed E-state index contributed by atoms with van der Waals surface area (Å²) in [5, 5.41) is 1.92. The van der Waals surface area contributed by atoms with Crippen LogP contribution in [0.3, 0.4) is 0 Å². The molecule has 5 aromatic rings. The average Bonchev–Trinajstić information content (AvgIpc) is 3.19. The minimum Gasteiger partial charge on any atom is -0.450 e. The molecule has 0 aliphatic carbocycles. The van der Waals surface area contributed by atoms with Crippen molar-refractivity contribution < 1.29 is 4.42 Å². The van der Waals surface area contributed by atoms with Gasteiger partial charge in [0.05, 0.1) is 12.1 Å². The molecule has 4 heterocycles. The summed E-state index contributed by atoms with van der Waals surface area (Å²) in [4.78, 5) is 22.8. The van der Waals surface area contributed by atoms with Crippen molar-refractivity contribution in [3.8, 4) is 0 Å². The number of nitrogens with zero attached hydrogens (tertiary/aromatic N) is 6. The van der Waals surface area contributed by atoms with Gasteiger partial charge in [-0.25, -0.2) is 19.9 Å². The number of hydrogen-bond donors (Lipinski definition) is 1. The molecule has 8 nitrogen and oxygen atoms in total. The van der Waals surface area contributed by atoms with E-state index in [0.29, 0.717) is 12.4 Å². The van der Waals surface area contributed by atoms with Gasteiger partial charge in [-0.15, -0.1) is 0 Å². The Bertz CT molecular complexity index is 1410. The second-order valence-electron chi connectivity index (χ2n) is 7.78. The summed E-state index contributed by atoms with van der Waals surface area (Å²) in [5.74, 6) is 2.14. The van der Waals surface area contributed by atoms with E-state index in [9.17, 15) is 0 Å². The van der Waals surface area contributed by atoms with Crippen LogP contribution in [-0.4, -0.2) is 51.0 Å². The number of nitrogen functional groups attached to an aromatic ring is 1. The lowest BCUT2D eigenvalue weighted by Gasteiger charge is -2.34. The maximum Gasteiger partial charge on any atom is 0.196 e. The summed E-state index contributed by atoms with van der Waals surface area (Å²) in [6.07, 6.45) is 1.62. The van der Waals surface area contributed by atoms with Crippen molar-refractivity contribution in [1.29, 1.82) is 0 Å². The van der Waals surface area contributed by atoms with Crippen LogP contribution < -0.4 is 10.6 Å². The van der Waals surface area contributed by atoms with E-state index in [0.717, 1.165) is 70.8 Å². The highest BCUT2D eigenvalue weighted by atomic mass is 16.3. The Labute approximate surface area is 178 Å². The lowest BCUT2D eigenvalue weighted by atomic mass is 10.2. The molecule has 3 aromatic heterocycles. The second-order valence-corrected chi connectivity index (χ2v) is 7.78. The number of anilines is 2. The van der Waals surface area contributed by atoms with Crippen molar-refractivity contribution in [1.82, 2.24) is 24.8 Å². The molecule has 0 unspecified atom stereocenters. The predicted molar refractivity (Wildman–Crippen MR) is 121 cm³/mol. The lowest BCUT2D eigenvalue weighted by Crippen LogP contribution is -2.46. The zero-order valence-corrected chi connectivity index (χ0v) is 16.9. The van der Waals surface area contributed by atoms with Crippen molar-refractivity contribution in [2.24, 2.45) is 0 Å². The van der Waals surface area contributed by atoms with E-state index in [2.05, 4.69) is 24.8 Å². The second kappa shape index (κ2) is 7.17. The quantitative estimate of drug-likeness (QED) is 0.483. The third kappa shape index (κ3) is 3.12. The van der Waals surface area contributed by atoms with E-state index in [-0.39, 0.29) is 0 Å². The predicted octanol–water partition coefficient (Wildman–Crippen LogP) is 3.22. The molecule has 6 rings (SSSR count). The molecule has 8 heteroatoms. The van der Waals surface area contributed by atoms with Gasteiger partial charge in [0.2, 0.25) is 0 Å². The molecule has 0 saturated carbocycles. The van der Waals surface area contributed by atoms with Crippen LogP contribution in [0, 0.1) is 0 Å². The largest absolute Gasteiger partial charge is 0.450 e. The van der Waals surface area contributed by atoms with E-state index in [1.807, 2.05) is 48.5 Å². The molecular formula is C23H21N7O. The molecule has 2 N–H and O–H groups in total. The fraction of sp³-hybridized carbons (Fsp3) is 0.217. The van der Waals surface area contributed by atoms with Crippen LogP contribution in [0.25, 0.3) is 33.0 Å². The standard InChI is InChI=1S/C23H21N7O/c24-22-15-5-1-3-7-17(15)27-19(28-22)13-29-9-11-30(12-10-29)23-21-20(25-14-26-23)16-6-2-4-8-18(16)31-21/h1-8,14H,9-13H2,(H2,24,27,28). The van der Waals surface area contributed by atoms with E-state index in [1.165, 1.54) is 0 Å². The molecule has 1 aliphatic rings. The number of nitrogens with two attached hydrogens (primary N) is 1. The Morgan fingerprint density at radius 3 is 2.52 bits per heavy atom. The van der Waals surface area contributed by atoms with Crippen LogP contribution in [-0.2, 0) is 6.54 Å². The summed E-state index contributed by atoms with van der Waals surface area (Å²) < 4.78 is 6.10. The van der Waals surface area contributed by atoms with Crippen LogP contribution in [0.1, 0.15) is 5.82 Å². The number of hydrogen-bond acceptors (Lipinski definition) is 8. The smallest absolute Gasteiger partial charge is 0.196 e. The van der Waals surface area contributed by atoms with E-state index < -0.39 is 0 Å². The number of furan rings is 1. The Hall–Kier alpha value is -3.78. The SMILES string of the molecule is Nc1nc(CN2CCN(c3ncnc4c3oc3ccccc34)CC2)nc2ccccc12. The third-order valence-corrected chi connectivity index (χ3v) is 5.86. The Balaban J connectivity index is 1.22. The molecule has 31 heavy (non-hydrogen) atoms. The van der Waals surface area contributed by atoms with Crippen LogP contribution in [0.4, 0.5) is 11.6 Å². The van der Waals surface area contributed by atoms with Crippen molar-refractivity contribution in [3.63, 3.8) is 0 Å². The van der Waals surface area contributed by atoms with Gasteiger partial charge in [0.15, 0.2) is 11.4 Å². The van der Waals surface area contributed by atoms with Crippen molar-refractivity contribution >= 4 is 44.6 Å². The number of aromatic nitrogens is 4. The molecule has 1 fully saturated rings. The van der Waals surface area contributed by atoms with Gasteiger partial charge in [-0.1, -0.05) is 24.3 Å². The number of rotatable bonds is 3. The molecule has 1 saturated heterocycles. The molecule has 0 spiro atoms. The molecular weight excluding hydrogens is 390 g/mol.